The van der Waals surface area contributed by atoms with Gasteiger partial charge in [-0.15, -0.1) is 5.54 Å². The van der Waals surface area contributed by atoms with Crippen molar-refractivity contribution in [2.24, 2.45) is 16.6 Å². The lowest BCUT2D eigenvalue weighted by Gasteiger charge is -2.40. The molecular formula is C23H32FN3O4Si. The van der Waals surface area contributed by atoms with Gasteiger partial charge in [0.2, 0.25) is 0 Å². The van der Waals surface area contributed by atoms with Crippen LogP contribution in [0.4, 0.5) is 10.1 Å². The van der Waals surface area contributed by atoms with Gasteiger partial charge in [0.25, 0.3) is 11.7 Å². The normalized spacial score (nSPS) is 25.2. The van der Waals surface area contributed by atoms with Crippen LogP contribution in [0.3, 0.4) is 0 Å². The molecule has 2 N–H and O–H groups in total. The van der Waals surface area contributed by atoms with E-state index in [4.69, 9.17) is 15.2 Å². The van der Waals surface area contributed by atoms with Crippen LogP contribution in [-0.2, 0) is 15.0 Å². The summed E-state index contributed by atoms with van der Waals surface area (Å²) >= 11 is 0. The van der Waals surface area contributed by atoms with Gasteiger partial charge in [-0.2, -0.15) is 0 Å². The Labute approximate surface area is 189 Å². The van der Waals surface area contributed by atoms with Gasteiger partial charge in [0.1, 0.15) is 20.0 Å². The van der Waals surface area contributed by atoms with Crippen LogP contribution in [0.5, 0.6) is 0 Å². The molecule has 32 heavy (non-hydrogen) atoms. The molecule has 1 saturated heterocycles. The topological polar surface area (TPSA) is 100.0 Å². The van der Waals surface area contributed by atoms with Crippen molar-refractivity contribution in [3.63, 3.8) is 0 Å². The third-order valence-electron chi connectivity index (χ3n) is 7.03. The molecule has 0 aromatic heterocycles. The maximum absolute atomic E-state index is 15.3. The Morgan fingerprint density at radius 2 is 1.84 bits per heavy atom. The first-order valence-electron chi connectivity index (χ1n) is 11.0. The Bertz CT molecular complexity index is 963. The van der Waals surface area contributed by atoms with Gasteiger partial charge in [-0.1, -0.05) is 47.5 Å². The van der Waals surface area contributed by atoms with E-state index in [9.17, 15) is 10.1 Å². The standard InChI is InChI=1S/C23H32FN3O4Si/c1-14(2)32(15(3)4,16(5)6)10-9-23(18-11-17(27(28)29)7-8-20(18)24)19-12-30-13-21(19)31-22(25)26-23/h7-8,11,14-16,19,21H,12-13H2,1-6H3,(H2,25,26)/t19-,21+,23+/m0/s1. The van der Waals surface area contributed by atoms with Gasteiger partial charge in [-0.3, -0.25) is 10.1 Å². The first-order valence-corrected chi connectivity index (χ1v) is 13.3. The molecule has 174 valence electrons. The fourth-order valence-electron chi connectivity index (χ4n) is 5.48. The lowest BCUT2D eigenvalue weighted by molar-refractivity contribution is -0.385. The molecule has 0 unspecified atom stereocenters. The van der Waals surface area contributed by atoms with Gasteiger partial charge in [-0.05, 0) is 22.7 Å². The maximum Gasteiger partial charge on any atom is 0.284 e. The van der Waals surface area contributed by atoms with Crippen LogP contribution >= 0.6 is 0 Å². The quantitative estimate of drug-likeness (QED) is 0.301. The van der Waals surface area contributed by atoms with Crippen molar-refractivity contribution in [3.05, 3.63) is 39.7 Å². The number of amidine groups is 1. The zero-order valence-electron chi connectivity index (χ0n) is 19.5. The van der Waals surface area contributed by atoms with E-state index in [-0.39, 0.29) is 30.5 Å². The highest BCUT2D eigenvalue weighted by Gasteiger charge is 2.53. The van der Waals surface area contributed by atoms with E-state index in [0.717, 1.165) is 12.1 Å². The summed E-state index contributed by atoms with van der Waals surface area (Å²) in [5.41, 5.74) is 9.10. The molecule has 9 heteroatoms. The number of ether oxygens (including phenoxy) is 2. The third-order valence-corrected chi connectivity index (χ3v) is 13.3. The number of fused-ring (bicyclic) bond motifs is 1. The number of aliphatic imine (C=N–C) groups is 1. The van der Waals surface area contributed by atoms with Crippen molar-refractivity contribution in [2.75, 3.05) is 13.2 Å². The molecule has 0 amide bonds. The molecule has 0 saturated carbocycles. The number of nitrogens with two attached hydrogens (primary N) is 1. The molecule has 1 aromatic rings. The van der Waals surface area contributed by atoms with Gasteiger partial charge in [0, 0.05) is 17.7 Å². The van der Waals surface area contributed by atoms with Crippen molar-refractivity contribution in [1.82, 2.24) is 0 Å². The van der Waals surface area contributed by atoms with Gasteiger partial charge < -0.3 is 15.2 Å². The Kier molecular flexibility index (Phi) is 6.68. The lowest BCUT2D eigenvalue weighted by Crippen LogP contribution is -2.49. The molecule has 0 aliphatic carbocycles. The summed E-state index contributed by atoms with van der Waals surface area (Å²) in [6.07, 6.45) is -0.450. The van der Waals surface area contributed by atoms with Gasteiger partial charge in [0.05, 0.1) is 24.1 Å². The zero-order valence-corrected chi connectivity index (χ0v) is 20.5. The molecule has 3 atom stereocenters. The second-order valence-electron chi connectivity index (χ2n) is 9.59. The average Bonchev–Trinajstić information content (AvgIpc) is 3.16. The van der Waals surface area contributed by atoms with E-state index in [1.165, 1.54) is 6.07 Å². The van der Waals surface area contributed by atoms with E-state index in [2.05, 4.69) is 58.0 Å². The fourth-order valence-corrected chi connectivity index (χ4v) is 10.8. The van der Waals surface area contributed by atoms with Gasteiger partial charge >= 0.3 is 0 Å². The maximum atomic E-state index is 15.3. The molecule has 0 spiro atoms. The first-order chi connectivity index (χ1) is 15.0. The fraction of sp³-hybridized carbons (Fsp3) is 0.609. The van der Waals surface area contributed by atoms with E-state index in [0.29, 0.717) is 16.6 Å². The highest BCUT2D eigenvalue weighted by atomic mass is 28.3. The van der Waals surface area contributed by atoms with Crippen molar-refractivity contribution in [3.8, 4) is 11.5 Å². The predicted molar refractivity (Wildman–Crippen MR) is 124 cm³/mol. The molecule has 3 rings (SSSR count). The number of nitro groups is 1. The van der Waals surface area contributed by atoms with Crippen LogP contribution < -0.4 is 5.73 Å². The van der Waals surface area contributed by atoms with E-state index >= 15 is 4.39 Å². The molecule has 2 aliphatic rings. The number of nitrogens with zero attached hydrogens (tertiary/aromatic N) is 2. The van der Waals surface area contributed by atoms with Crippen LogP contribution in [-0.4, -0.2) is 38.3 Å². The molecule has 0 radical (unpaired) electrons. The smallest absolute Gasteiger partial charge is 0.284 e. The number of benzene rings is 1. The average molecular weight is 462 g/mol. The van der Waals surface area contributed by atoms with Gasteiger partial charge in [-0.25, -0.2) is 9.38 Å². The summed E-state index contributed by atoms with van der Waals surface area (Å²) in [7, 11) is -2.22. The highest BCUT2D eigenvalue weighted by molar-refractivity contribution is 6.90. The summed E-state index contributed by atoms with van der Waals surface area (Å²) in [6, 6.07) is 3.36. The second kappa shape index (κ2) is 8.83. The molecule has 1 aromatic carbocycles. The number of non-ortho nitro benzene ring substituents is 1. The van der Waals surface area contributed by atoms with Crippen LogP contribution in [0.2, 0.25) is 16.6 Å². The Balaban J connectivity index is 2.35. The summed E-state index contributed by atoms with van der Waals surface area (Å²) in [4.78, 5) is 15.5. The minimum atomic E-state index is -2.22. The molecule has 7 nitrogen and oxygen atoms in total. The minimum Gasteiger partial charge on any atom is -0.459 e. The molecule has 1 fully saturated rings. The van der Waals surface area contributed by atoms with E-state index in [1.807, 2.05) is 0 Å². The van der Waals surface area contributed by atoms with Crippen LogP contribution in [0, 0.1) is 33.3 Å². The summed E-state index contributed by atoms with van der Waals surface area (Å²) < 4.78 is 26.6. The number of halogens is 1. The van der Waals surface area contributed by atoms with Crippen molar-refractivity contribution in [1.29, 1.82) is 0 Å². The Hall–Kier alpha value is -2.44. The predicted octanol–water partition coefficient (Wildman–Crippen LogP) is 4.51. The largest absolute Gasteiger partial charge is 0.459 e. The van der Waals surface area contributed by atoms with E-state index < -0.39 is 36.4 Å². The Morgan fingerprint density at radius 1 is 1.22 bits per heavy atom. The van der Waals surface area contributed by atoms with Crippen molar-refractivity contribution in [2.45, 2.75) is 69.8 Å². The first kappa shape index (κ1) is 24.2. The lowest BCUT2D eigenvalue weighted by atomic mass is 9.76. The summed E-state index contributed by atoms with van der Waals surface area (Å²) in [5.74, 6) is 2.32. The number of hydrogen-bond donors (Lipinski definition) is 1. The van der Waals surface area contributed by atoms with Crippen LogP contribution in [0.25, 0.3) is 0 Å². The second-order valence-corrected chi connectivity index (χ2v) is 15.2. The van der Waals surface area contributed by atoms with Crippen LogP contribution in [0.15, 0.2) is 23.2 Å². The summed E-state index contributed by atoms with van der Waals surface area (Å²) in [5, 5.41) is 11.5. The van der Waals surface area contributed by atoms with Crippen molar-refractivity contribution < 1.29 is 18.8 Å². The Morgan fingerprint density at radius 3 is 2.41 bits per heavy atom. The number of hydrogen-bond acceptors (Lipinski definition) is 6. The minimum absolute atomic E-state index is 0.0464. The molecule has 2 aliphatic heterocycles. The van der Waals surface area contributed by atoms with Crippen LogP contribution in [0.1, 0.15) is 47.1 Å². The zero-order chi connectivity index (χ0) is 23.8. The monoisotopic (exact) mass is 461 g/mol. The van der Waals surface area contributed by atoms with Gasteiger partial charge in [0.15, 0.2) is 5.54 Å². The third kappa shape index (κ3) is 3.90. The van der Waals surface area contributed by atoms with E-state index in [1.54, 1.807) is 0 Å². The highest BCUT2D eigenvalue weighted by Crippen LogP contribution is 2.46. The number of rotatable bonds is 5. The van der Waals surface area contributed by atoms with Crippen molar-refractivity contribution >= 4 is 19.8 Å². The summed E-state index contributed by atoms with van der Waals surface area (Å²) in [6.45, 7) is 13.6. The molecule has 2 heterocycles. The number of nitro benzene ring substituents is 1. The molecule has 0 bridgehead atoms. The SMILES string of the molecule is CC(C)[Si](C#C[C@]1(c2cc([N+](=O)[O-])ccc2F)N=C(N)O[C@@H]2COC[C@@H]21)(C(C)C)C(C)C. The molecular weight excluding hydrogens is 429 g/mol.